The predicted octanol–water partition coefficient (Wildman–Crippen LogP) is 4.50. The molecule has 0 aliphatic rings. The van der Waals surface area contributed by atoms with Crippen LogP contribution in [-0.4, -0.2) is 43.6 Å². The molecule has 0 spiro atoms. The number of benzene rings is 2. The number of hydrogen-bond acceptors (Lipinski definition) is 6. The minimum absolute atomic E-state index is 0.100. The number of amides is 4. The van der Waals surface area contributed by atoms with Gasteiger partial charge in [-0.05, 0) is 69.0 Å². The number of carbonyl (C=O) groups excluding carboxylic acids is 3. The lowest BCUT2D eigenvalue weighted by molar-refractivity contribution is -0.155. The van der Waals surface area contributed by atoms with Crippen LogP contribution in [0.4, 0.5) is 15.3 Å². The van der Waals surface area contributed by atoms with E-state index in [0.29, 0.717) is 21.2 Å². The van der Waals surface area contributed by atoms with Crippen molar-refractivity contribution in [3.8, 4) is 0 Å². The summed E-state index contributed by atoms with van der Waals surface area (Å²) in [7, 11) is 3.29. The van der Waals surface area contributed by atoms with Crippen LogP contribution in [0, 0.1) is 5.41 Å². The van der Waals surface area contributed by atoms with E-state index in [1.165, 1.54) is 4.90 Å². The molecule has 1 atom stereocenters. The summed E-state index contributed by atoms with van der Waals surface area (Å²) in [6.45, 7) is 7.15. The predicted molar refractivity (Wildman–Crippen MR) is 144 cm³/mol. The van der Waals surface area contributed by atoms with E-state index >= 15 is 0 Å². The molecular formula is C25H34ClN5O4S. The normalized spacial score (nSPS) is 12.8. The van der Waals surface area contributed by atoms with E-state index < -0.39 is 23.0 Å². The molecule has 4 amide bonds. The summed E-state index contributed by atoms with van der Waals surface area (Å²) in [5, 5.41) is 6.17. The minimum Gasteiger partial charge on any atom is -0.462 e. The SMILES string of the molecule is CN(C)C(=O)NCc1cccc(N)c1SNC(=O)NC(C)(COC(=O)C(C)(C)C)c1cccc(Cl)c1. The average Bonchev–Trinajstić information content (AvgIpc) is 2.79. The van der Waals surface area contributed by atoms with Crippen molar-refractivity contribution in [2.75, 3.05) is 26.4 Å². The Kier molecular flexibility index (Phi) is 9.89. The number of carbonyl (C=O) groups is 3. The first-order valence-electron chi connectivity index (χ1n) is 11.2. The number of urea groups is 2. The summed E-state index contributed by atoms with van der Waals surface area (Å²) in [6, 6.07) is 11.5. The number of rotatable bonds is 8. The van der Waals surface area contributed by atoms with E-state index in [-0.39, 0.29) is 19.2 Å². The number of nitrogen functional groups attached to an aromatic ring is 1. The number of esters is 1. The summed E-state index contributed by atoms with van der Waals surface area (Å²) < 4.78 is 8.28. The Labute approximate surface area is 221 Å². The van der Waals surface area contributed by atoms with Crippen LogP contribution >= 0.6 is 23.5 Å². The van der Waals surface area contributed by atoms with Gasteiger partial charge in [-0.3, -0.25) is 9.52 Å². The van der Waals surface area contributed by atoms with E-state index in [0.717, 1.165) is 17.5 Å². The molecule has 2 rings (SSSR count). The summed E-state index contributed by atoms with van der Waals surface area (Å²) in [6.07, 6.45) is 0. The van der Waals surface area contributed by atoms with Gasteiger partial charge in [0.25, 0.3) is 0 Å². The van der Waals surface area contributed by atoms with Crippen molar-refractivity contribution in [3.63, 3.8) is 0 Å². The van der Waals surface area contributed by atoms with E-state index in [1.54, 1.807) is 78.2 Å². The molecule has 0 aliphatic carbocycles. The number of nitrogens with zero attached hydrogens (tertiary/aromatic N) is 1. The lowest BCUT2D eigenvalue weighted by atomic mass is 9.92. The second-order valence-corrected chi connectivity index (χ2v) is 11.0. The van der Waals surface area contributed by atoms with Crippen molar-refractivity contribution in [2.45, 2.75) is 44.7 Å². The number of anilines is 1. The lowest BCUT2D eigenvalue weighted by Crippen LogP contribution is -2.50. The van der Waals surface area contributed by atoms with Crippen molar-refractivity contribution in [1.82, 2.24) is 20.3 Å². The monoisotopic (exact) mass is 535 g/mol. The number of nitrogens with two attached hydrogens (primary N) is 1. The summed E-state index contributed by atoms with van der Waals surface area (Å²) in [5.41, 5.74) is 6.24. The molecule has 0 heterocycles. The van der Waals surface area contributed by atoms with Crippen molar-refractivity contribution in [3.05, 3.63) is 58.6 Å². The Morgan fingerprint density at radius 1 is 1.08 bits per heavy atom. The van der Waals surface area contributed by atoms with Gasteiger partial charge in [-0.1, -0.05) is 35.9 Å². The first-order chi connectivity index (χ1) is 16.7. The molecule has 9 nitrogen and oxygen atoms in total. The Morgan fingerprint density at radius 3 is 2.36 bits per heavy atom. The maximum absolute atomic E-state index is 13.0. The van der Waals surface area contributed by atoms with Crippen molar-refractivity contribution in [1.29, 1.82) is 0 Å². The van der Waals surface area contributed by atoms with E-state index in [9.17, 15) is 14.4 Å². The smallest absolute Gasteiger partial charge is 0.325 e. The topological polar surface area (TPSA) is 126 Å². The molecule has 1 unspecified atom stereocenters. The second kappa shape index (κ2) is 12.2. The number of nitrogens with one attached hydrogen (secondary N) is 3. The zero-order valence-corrected chi connectivity index (χ0v) is 23.0. The molecule has 0 saturated carbocycles. The van der Waals surface area contributed by atoms with Crippen LogP contribution in [0.15, 0.2) is 47.4 Å². The minimum atomic E-state index is -1.07. The number of halogens is 1. The maximum atomic E-state index is 13.0. The average molecular weight is 536 g/mol. The Hall–Kier alpha value is -3.11. The van der Waals surface area contributed by atoms with Gasteiger partial charge in [-0.25, -0.2) is 9.59 Å². The van der Waals surface area contributed by atoms with Gasteiger partial charge in [0.05, 0.1) is 15.8 Å². The number of ether oxygens (including phenoxy) is 1. The van der Waals surface area contributed by atoms with E-state index in [1.807, 2.05) is 6.07 Å². The van der Waals surface area contributed by atoms with Gasteiger partial charge in [0.1, 0.15) is 6.61 Å². The fraction of sp³-hybridized carbons (Fsp3) is 0.400. The van der Waals surface area contributed by atoms with Crippen molar-refractivity contribution in [2.24, 2.45) is 5.41 Å². The zero-order valence-electron chi connectivity index (χ0n) is 21.4. The molecule has 0 fully saturated rings. The van der Waals surface area contributed by atoms with Gasteiger partial charge >= 0.3 is 18.0 Å². The molecule has 2 aromatic rings. The molecule has 196 valence electrons. The van der Waals surface area contributed by atoms with E-state index in [2.05, 4.69) is 15.4 Å². The third-order valence-corrected chi connectivity index (χ3v) is 6.39. The molecule has 0 aliphatic heterocycles. The first-order valence-corrected chi connectivity index (χ1v) is 12.4. The number of hydrogen-bond donors (Lipinski definition) is 4. The van der Waals surface area contributed by atoms with Crippen LogP contribution in [0.5, 0.6) is 0 Å². The first kappa shape index (κ1) is 29.1. The van der Waals surface area contributed by atoms with Crippen LogP contribution in [0.3, 0.4) is 0 Å². The molecule has 5 N–H and O–H groups in total. The third-order valence-electron chi connectivity index (χ3n) is 5.16. The summed E-state index contributed by atoms with van der Waals surface area (Å²) in [5.74, 6) is -0.395. The standard InChI is InChI=1S/C25H34ClN5O4S/c1-24(2,3)21(32)35-15-25(4,17-10-8-11-18(26)13-17)29-22(33)30-36-20-16(9-7-12-19(20)27)14-28-23(34)31(5)6/h7-13H,14-15,27H2,1-6H3,(H,28,34)(H2,29,30,33). The highest BCUT2D eigenvalue weighted by atomic mass is 35.5. The fourth-order valence-electron chi connectivity index (χ4n) is 3.02. The van der Waals surface area contributed by atoms with Gasteiger partial charge in [-0.15, -0.1) is 0 Å². The van der Waals surface area contributed by atoms with Crippen molar-refractivity contribution >= 4 is 47.3 Å². The third kappa shape index (κ3) is 8.23. The van der Waals surface area contributed by atoms with Gasteiger partial charge in [0.2, 0.25) is 0 Å². The van der Waals surface area contributed by atoms with Crippen LogP contribution in [0.1, 0.15) is 38.8 Å². The van der Waals surface area contributed by atoms with Gasteiger partial charge < -0.3 is 26.0 Å². The lowest BCUT2D eigenvalue weighted by Gasteiger charge is -2.32. The molecule has 0 bridgehead atoms. The zero-order chi connectivity index (χ0) is 27.1. The maximum Gasteiger partial charge on any atom is 0.325 e. The van der Waals surface area contributed by atoms with E-state index in [4.69, 9.17) is 22.1 Å². The molecule has 2 aromatic carbocycles. The highest BCUT2D eigenvalue weighted by molar-refractivity contribution is 7.98. The molecular weight excluding hydrogens is 502 g/mol. The summed E-state index contributed by atoms with van der Waals surface area (Å²) in [4.78, 5) is 39.3. The van der Waals surface area contributed by atoms with Gasteiger partial charge in [-0.2, -0.15) is 0 Å². The Bertz CT molecular complexity index is 1110. The van der Waals surface area contributed by atoms with Gasteiger partial charge in [0, 0.05) is 31.4 Å². The van der Waals surface area contributed by atoms with Crippen LogP contribution in [-0.2, 0) is 21.6 Å². The van der Waals surface area contributed by atoms with Crippen LogP contribution in [0.2, 0.25) is 5.02 Å². The molecule has 0 aromatic heterocycles. The highest BCUT2D eigenvalue weighted by Gasteiger charge is 2.33. The van der Waals surface area contributed by atoms with Gasteiger partial charge in [0.15, 0.2) is 0 Å². The highest BCUT2D eigenvalue weighted by Crippen LogP contribution is 2.29. The Morgan fingerprint density at radius 2 is 1.75 bits per heavy atom. The molecule has 0 saturated heterocycles. The second-order valence-electron chi connectivity index (χ2n) is 9.72. The van der Waals surface area contributed by atoms with Crippen LogP contribution in [0.25, 0.3) is 0 Å². The molecule has 0 radical (unpaired) electrons. The largest absolute Gasteiger partial charge is 0.462 e. The Balaban J connectivity index is 2.17. The molecule has 11 heteroatoms. The summed E-state index contributed by atoms with van der Waals surface area (Å²) >= 11 is 7.21. The molecule has 36 heavy (non-hydrogen) atoms. The fourth-order valence-corrected chi connectivity index (χ4v) is 3.91. The van der Waals surface area contributed by atoms with Crippen LogP contribution < -0.4 is 21.1 Å². The quantitative estimate of drug-likeness (QED) is 0.224. The van der Waals surface area contributed by atoms with Crippen molar-refractivity contribution < 1.29 is 19.1 Å².